The van der Waals surface area contributed by atoms with Crippen LogP contribution in [-0.4, -0.2) is 9.78 Å². The summed E-state index contributed by atoms with van der Waals surface area (Å²) in [4.78, 5) is 0. The van der Waals surface area contributed by atoms with E-state index in [0.717, 1.165) is 23.0 Å². The highest BCUT2D eigenvalue weighted by Crippen LogP contribution is 2.40. The maximum absolute atomic E-state index is 5.65. The van der Waals surface area contributed by atoms with Crippen LogP contribution in [0.25, 0.3) is 0 Å². The van der Waals surface area contributed by atoms with E-state index in [4.69, 9.17) is 4.74 Å². The van der Waals surface area contributed by atoms with Crippen molar-refractivity contribution < 1.29 is 4.74 Å². The Bertz CT molecular complexity index is 490. The summed E-state index contributed by atoms with van der Waals surface area (Å²) in [6.07, 6.45) is 1.71. The molecule has 0 unspecified atom stereocenters. The van der Waals surface area contributed by atoms with Gasteiger partial charge in [0.05, 0.1) is 11.9 Å². The zero-order chi connectivity index (χ0) is 9.54. The molecule has 0 fully saturated rings. The van der Waals surface area contributed by atoms with Crippen molar-refractivity contribution in [2.75, 3.05) is 5.32 Å². The Labute approximate surface area is 81.1 Å². The van der Waals surface area contributed by atoms with Crippen LogP contribution in [-0.2, 0) is 7.05 Å². The minimum atomic E-state index is 0.770. The van der Waals surface area contributed by atoms with Gasteiger partial charge in [-0.05, 0) is 12.1 Å². The smallest absolute Gasteiger partial charge is 0.189 e. The lowest BCUT2D eigenvalue weighted by Crippen LogP contribution is -2.05. The van der Waals surface area contributed by atoms with E-state index in [1.807, 2.05) is 31.3 Å². The average Bonchev–Trinajstić information content (AvgIpc) is 2.57. The van der Waals surface area contributed by atoms with Crippen molar-refractivity contribution in [1.29, 1.82) is 0 Å². The van der Waals surface area contributed by atoms with E-state index in [0.29, 0.717) is 0 Å². The lowest BCUT2D eigenvalue weighted by atomic mass is 10.2. The molecule has 0 radical (unpaired) electrons. The molecule has 14 heavy (non-hydrogen) atoms. The molecule has 0 saturated heterocycles. The summed E-state index contributed by atoms with van der Waals surface area (Å²) in [7, 11) is 1.88. The number of benzene rings is 1. The maximum atomic E-state index is 5.65. The number of hydrogen-bond acceptors (Lipinski definition) is 3. The minimum absolute atomic E-state index is 0.770. The van der Waals surface area contributed by atoms with Crippen LogP contribution in [0.2, 0.25) is 0 Å². The highest BCUT2D eigenvalue weighted by molar-refractivity contribution is 5.72. The fourth-order valence-corrected chi connectivity index (χ4v) is 1.54. The van der Waals surface area contributed by atoms with Crippen LogP contribution >= 0.6 is 0 Å². The summed E-state index contributed by atoms with van der Waals surface area (Å²) in [6.45, 7) is 0. The number of nitrogens with one attached hydrogen (secondary N) is 1. The minimum Gasteiger partial charge on any atom is -0.450 e. The lowest BCUT2D eigenvalue weighted by Gasteiger charge is -2.18. The van der Waals surface area contributed by atoms with Crippen LogP contribution in [0.4, 0.5) is 11.5 Å². The molecule has 4 nitrogen and oxygen atoms in total. The second-order valence-electron chi connectivity index (χ2n) is 3.20. The summed E-state index contributed by atoms with van der Waals surface area (Å²) >= 11 is 0. The van der Waals surface area contributed by atoms with Gasteiger partial charge in [-0.1, -0.05) is 12.1 Å². The van der Waals surface area contributed by atoms with Crippen LogP contribution in [0.3, 0.4) is 0 Å². The zero-order valence-electron chi connectivity index (χ0n) is 7.69. The van der Waals surface area contributed by atoms with Gasteiger partial charge in [0.25, 0.3) is 0 Å². The fraction of sp³-hybridized carbons (Fsp3) is 0.100. The molecule has 4 heteroatoms. The number of nitrogens with zero attached hydrogens (tertiary/aromatic N) is 2. The number of rotatable bonds is 0. The molecular formula is C10H9N3O. The first-order valence-corrected chi connectivity index (χ1v) is 4.40. The second kappa shape index (κ2) is 2.51. The number of fused-ring (bicyclic) bond motifs is 2. The van der Waals surface area contributed by atoms with Crippen molar-refractivity contribution in [2.45, 2.75) is 0 Å². The Morgan fingerprint density at radius 1 is 1.29 bits per heavy atom. The number of aryl methyl sites for hydroxylation is 1. The second-order valence-corrected chi connectivity index (χ2v) is 3.20. The van der Waals surface area contributed by atoms with E-state index in [1.54, 1.807) is 10.9 Å². The van der Waals surface area contributed by atoms with Gasteiger partial charge in [-0.25, -0.2) is 4.68 Å². The standard InChI is InChI=1S/C10H9N3O/c1-13-10-9(6-11-13)14-8-5-3-2-4-7(8)12-10/h2-6,12H,1H3. The Kier molecular flexibility index (Phi) is 1.33. The predicted molar refractivity (Wildman–Crippen MR) is 53.0 cm³/mol. The van der Waals surface area contributed by atoms with Crippen molar-refractivity contribution >= 4 is 11.5 Å². The molecule has 70 valence electrons. The molecule has 0 amide bonds. The SMILES string of the molecule is Cn1ncc2c1Nc1ccccc1O2. The number of anilines is 2. The summed E-state index contributed by atoms with van der Waals surface area (Å²) in [5.74, 6) is 2.50. The maximum Gasteiger partial charge on any atom is 0.189 e. The number of ether oxygens (including phenoxy) is 1. The Morgan fingerprint density at radius 3 is 3.07 bits per heavy atom. The molecule has 1 aliphatic rings. The molecule has 1 aromatic heterocycles. The fourth-order valence-electron chi connectivity index (χ4n) is 1.54. The van der Waals surface area contributed by atoms with E-state index >= 15 is 0 Å². The zero-order valence-corrected chi connectivity index (χ0v) is 7.69. The quantitative estimate of drug-likeness (QED) is 0.586. The lowest BCUT2D eigenvalue weighted by molar-refractivity contribution is 0.480. The molecule has 0 atom stereocenters. The molecule has 0 aliphatic carbocycles. The van der Waals surface area contributed by atoms with Crippen molar-refractivity contribution in [3.63, 3.8) is 0 Å². The van der Waals surface area contributed by atoms with E-state index in [1.165, 1.54) is 0 Å². The Hall–Kier alpha value is -1.97. The number of para-hydroxylation sites is 2. The molecule has 1 aromatic carbocycles. The summed E-state index contributed by atoms with van der Waals surface area (Å²) < 4.78 is 7.41. The summed E-state index contributed by atoms with van der Waals surface area (Å²) in [5, 5.41) is 7.37. The average molecular weight is 187 g/mol. The van der Waals surface area contributed by atoms with Gasteiger partial charge in [0.15, 0.2) is 17.3 Å². The molecule has 2 aromatic rings. The molecule has 0 saturated carbocycles. The third-order valence-electron chi connectivity index (χ3n) is 2.27. The molecular weight excluding hydrogens is 178 g/mol. The highest BCUT2D eigenvalue weighted by Gasteiger charge is 2.18. The number of aromatic nitrogens is 2. The van der Waals surface area contributed by atoms with Crippen LogP contribution in [0, 0.1) is 0 Å². The number of hydrogen-bond donors (Lipinski definition) is 1. The molecule has 1 N–H and O–H groups in total. The molecule has 0 bridgehead atoms. The molecule has 1 aliphatic heterocycles. The van der Waals surface area contributed by atoms with Crippen LogP contribution in [0.15, 0.2) is 30.5 Å². The third kappa shape index (κ3) is 0.907. The van der Waals surface area contributed by atoms with Crippen LogP contribution < -0.4 is 10.1 Å². The van der Waals surface area contributed by atoms with Gasteiger partial charge in [-0.15, -0.1) is 0 Å². The van der Waals surface area contributed by atoms with Crippen LogP contribution in [0.5, 0.6) is 11.5 Å². The first-order chi connectivity index (χ1) is 6.84. The molecule has 0 spiro atoms. The summed E-state index contributed by atoms with van der Waals surface area (Å²) in [6, 6.07) is 7.82. The van der Waals surface area contributed by atoms with Gasteiger partial charge in [0.2, 0.25) is 0 Å². The van der Waals surface area contributed by atoms with Gasteiger partial charge in [-0.2, -0.15) is 5.10 Å². The van der Waals surface area contributed by atoms with Crippen molar-refractivity contribution in [3.8, 4) is 11.5 Å². The Balaban J connectivity index is 2.14. The van der Waals surface area contributed by atoms with Crippen LogP contribution in [0.1, 0.15) is 0 Å². The first kappa shape index (κ1) is 7.44. The van der Waals surface area contributed by atoms with E-state index in [2.05, 4.69) is 10.4 Å². The topological polar surface area (TPSA) is 39.1 Å². The third-order valence-corrected chi connectivity index (χ3v) is 2.27. The van der Waals surface area contributed by atoms with E-state index in [9.17, 15) is 0 Å². The highest BCUT2D eigenvalue weighted by atomic mass is 16.5. The predicted octanol–water partition coefficient (Wildman–Crippen LogP) is 2.27. The van der Waals surface area contributed by atoms with Gasteiger partial charge in [0.1, 0.15) is 0 Å². The van der Waals surface area contributed by atoms with Crippen molar-refractivity contribution in [3.05, 3.63) is 30.5 Å². The normalized spacial score (nSPS) is 12.4. The van der Waals surface area contributed by atoms with E-state index in [-0.39, 0.29) is 0 Å². The summed E-state index contributed by atoms with van der Waals surface area (Å²) in [5.41, 5.74) is 0.976. The molecule has 2 heterocycles. The first-order valence-electron chi connectivity index (χ1n) is 4.40. The van der Waals surface area contributed by atoms with Gasteiger partial charge >= 0.3 is 0 Å². The monoisotopic (exact) mass is 187 g/mol. The largest absolute Gasteiger partial charge is 0.450 e. The van der Waals surface area contributed by atoms with Gasteiger partial charge in [-0.3, -0.25) is 0 Å². The molecule has 3 rings (SSSR count). The Morgan fingerprint density at radius 2 is 2.14 bits per heavy atom. The van der Waals surface area contributed by atoms with Gasteiger partial charge in [0, 0.05) is 7.05 Å². The van der Waals surface area contributed by atoms with E-state index < -0.39 is 0 Å². The van der Waals surface area contributed by atoms with Crippen molar-refractivity contribution in [2.24, 2.45) is 7.05 Å². The van der Waals surface area contributed by atoms with Crippen molar-refractivity contribution in [1.82, 2.24) is 9.78 Å². The van der Waals surface area contributed by atoms with Gasteiger partial charge < -0.3 is 10.1 Å².